The number of carbonyl (C=O) groups is 1. The molecule has 48 heavy (non-hydrogen) atoms. The van der Waals surface area contributed by atoms with Gasteiger partial charge in [-0.05, 0) is 23.3 Å². The highest BCUT2D eigenvalue weighted by Crippen LogP contribution is 2.70. The third-order valence-corrected chi connectivity index (χ3v) is 9.50. The number of hydrogen-bond acceptors (Lipinski definition) is 12. The molecule has 3 aromatic carbocycles. The Morgan fingerprint density at radius 3 is 2.31 bits per heavy atom. The zero-order valence-electron chi connectivity index (χ0n) is 27.3. The molecule has 2 aliphatic heterocycles. The molecule has 2 heterocycles. The van der Waals surface area contributed by atoms with Gasteiger partial charge in [0.05, 0.1) is 38.9 Å². The minimum atomic E-state index is -2.21. The minimum absolute atomic E-state index is 0.0419. The zero-order valence-corrected chi connectivity index (χ0v) is 27.3. The summed E-state index contributed by atoms with van der Waals surface area (Å²) >= 11 is 0. The fourth-order valence-electron chi connectivity index (χ4n) is 7.29. The summed E-state index contributed by atoms with van der Waals surface area (Å²) in [6.07, 6.45) is -5.94. The summed E-state index contributed by atoms with van der Waals surface area (Å²) in [7, 11) is 7.55. The number of benzene rings is 3. The monoisotopic (exact) mass is 667 g/mol. The van der Waals surface area contributed by atoms with Crippen LogP contribution in [0.15, 0.2) is 66.7 Å². The van der Waals surface area contributed by atoms with E-state index in [2.05, 4.69) is 0 Å². The SMILES string of the molecule is COc1ccc([C@@]23Oc4cc(OC5OC(C(O)CO)COC5OC)cc(OC)c4[C@]2(O)[C@H](O)[C@H](C(=O)N(C)C)C3c2ccccc2)cc1. The van der Waals surface area contributed by atoms with Crippen molar-refractivity contribution in [3.05, 3.63) is 83.4 Å². The number of nitrogens with zero attached hydrogens (tertiary/aromatic N) is 1. The molecule has 1 saturated carbocycles. The van der Waals surface area contributed by atoms with Crippen molar-refractivity contribution in [2.45, 2.75) is 48.0 Å². The fraction of sp³-hybridized carbons (Fsp3) is 0.457. The van der Waals surface area contributed by atoms with Gasteiger partial charge in [0.2, 0.25) is 12.2 Å². The summed E-state index contributed by atoms with van der Waals surface area (Å²) in [6, 6.07) is 19.1. The Labute approximate surface area is 278 Å². The molecule has 0 bridgehead atoms. The largest absolute Gasteiger partial charge is 0.497 e. The predicted molar refractivity (Wildman–Crippen MR) is 169 cm³/mol. The van der Waals surface area contributed by atoms with Crippen LogP contribution in [0, 0.1) is 5.92 Å². The van der Waals surface area contributed by atoms with Crippen LogP contribution in [-0.4, -0.2) is 111 Å². The van der Waals surface area contributed by atoms with E-state index < -0.39 is 66.4 Å². The third kappa shape index (κ3) is 5.17. The average molecular weight is 668 g/mol. The second-order valence-electron chi connectivity index (χ2n) is 12.3. The third-order valence-electron chi connectivity index (χ3n) is 9.50. The normalized spacial score (nSPS) is 31.3. The Kier molecular flexibility index (Phi) is 9.30. The minimum Gasteiger partial charge on any atom is -0.497 e. The van der Waals surface area contributed by atoms with E-state index in [-0.39, 0.29) is 29.4 Å². The van der Waals surface area contributed by atoms with Gasteiger partial charge < -0.3 is 58.5 Å². The second-order valence-corrected chi connectivity index (χ2v) is 12.3. The van der Waals surface area contributed by atoms with Gasteiger partial charge in [-0.25, -0.2) is 0 Å². The Morgan fingerprint density at radius 2 is 1.71 bits per heavy atom. The molecule has 5 unspecified atom stereocenters. The Morgan fingerprint density at radius 1 is 1.00 bits per heavy atom. The number of ether oxygens (including phenoxy) is 7. The molecule has 1 saturated heterocycles. The molecule has 13 nitrogen and oxygen atoms in total. The van der Waals surface area contributed by atoms with Crippen molar-refractivity contribution in [2.24, 2.45) is 5.92 Å². The number of aliphatic hydroxyl groups is 4. The molecule has 3 aromatic rings. The first-order valence-electron chi connectivity index (χ1n) is 15.5. The Balaban J connectivity index is 1.53. The van der Waals surface area contributed by atoms with Crippen molar-refractivity contribution in [3.63, 3.8) is 0 Å². The zero-order chi connectivity index (χ0) is 34.4. The van der Waals surface area contributed by atoms with Gasteiger partial charge in [-0.15, -0.1) is 0 Å². The van der Waals surface area contributed by atoms with E-state index >= 15 is 0 Å². The first kappa shape index (κ1) is 33.9. The van der Waals surface area contributed by atoms with Crippen LogP contribution in [-0.2, 0) is 30.2 Å². The van der Waals surface area contributed by atoms with Crippen LogP contribution in [0.3, 0.4) is 0 Å². The highest BCUT2D eigenvalue weighted by molar-refractivity contribution is 5.83. The Hall–Kier alpha value is -3.95. The van der Waals surface area contributed by atoms with Crippen molar-refractivity contribution in [1.29, 1.82) is 0 Å². The average Bonchev–Trinajstić information content (AvgIpc) is 3.49. The standard InChI is InChI=1S/C35H41NO12/c1-36(2)31(40)27-28(19-9-7-6-8-10-19)35(20-11-13-21(42-3)14-12-20)34(41,30(27)39)29-24(43-4)15-22(16-25(29)48-35)46-33-32(44-5)45-18-26(47-33)23(38)17-37/h6-16,23,26-28,30,32-33,37-39,41H,17-18H2,1-5H3/t23?,26?,27-,28?,30-,32?,33?,34+,35+/m1/s1. The number of amides is 1. The van der Waals surface area contributed by atoms with Crippen molar-refractivity contribution >= 4 is 5.91 Å². The maximum Gasteiger partial charge on any atom is 0.251 e. The molecular weight excluding hydrogens is 626 g/mol. The van der Waals surface area contributed by atoms with E-state index in [0.29, 0.717) is 16.9 Å². The van der Waals surface area contributed by atoms with Gasteiger partial charge in [-0.2, -0.15) is 0 Å². The summed E-state index contributed by atoms with van der Waals surface area (Å²) in [5, 5.41) is 45.0. The van der Waals surface area contributed by atoms with Gasteiger partial charge in [0, 0.05) is 39.3 Å². The number of carbonyl (C=O) groups excluding carboxylic acids is 1. The first-order valence-corrected chi connectivity index (χ1v) is 15.5. The van der Waals surface area contributed by atoms with Gasteiger partial charge in [-0.1, -0.05) is 42.5 Å². The summed E-state index contributed by atoms with van der Waals surface area (Å²) < 4.78 is 41.3. The maximum absolute atomic E-state index is 13.9. The van der Waals surface area contributed by atoms with Crippen LogP contribution in [0.4, 0.5) is 0 Å². The molecule has 4 N–H and O–H groups in total. The lowest BCUT2D eigenvalue weighted by atomic mass is 9.70. The molecule has 0 aromatic heterocycles. The molecule has 13 heteroatoms. The number of fused-ring (bicyclic) bond motifs is 3. The van der Waals surface area contributed by atoms with Gasteiger partial charge in [-0.3, -0.25) is 4.79 Å². The van der Waals surface area contributed by atoms with E-state index in [1.165, 1.54) is 38.4 Å². The first-order chi connectivity index (χ1) is 23.0. The summed E-state index contributed by atoms with van der Waals surface area (Å²) in [6.45, 7) is -0.590. The van der Waals surface area contributed by atoms with E-state index in [9.17, 15) is 25.2 Å². The lowest BCUT2D eigenvalue weighted by molar-refractivity contribution is -0.324. The number of rotatable bonds is 10. The maximum atomic E-state index is 13.9. The molecule has 258 valence electrons. The fourth-order valence-corrected chi connectivity index (χ4v) is 7.29. The molecule has 0 radical (unpaired) electrons. The van der Waals surface area contributed by atoms with Crippen molar-refractivity contribution in [1.82, 2.24) is 4.90 Å². The van der Waals surface area contributed by atoms with Crippen molar-refractivity contribution < 1.29 is 58.4 Å². The van der Waals surface area contributed by atoms with Crippen LogP contribution < -0.4 is 18.9 Å². The predicted octanol–water partition coefficient (Wildman–Crippen LogP) is 1.49. The van der Waals surface area contributed by atoms with Crippen LogP contribution in [0.2, 0.25) is 0 Å². The molecular formula is C35H41NO12. The molecule has 2 fully saturated rings. The Bertz CT molecular complexity index is 1600. The van der Waals surface area contributed by atoms with Gasteiger partial charge >= 0.3 is 0 Å². The molecule has 9 atom stereocenters. The summed E-state index contributed by atoms with van der Waals surface area (Å²) in [4.78, 5) is 15.3. The van der Waals surface area contributed by atoms with Crippen LogP contribution in [0.25, 0.3) is 0 Å². The smallest absolute Gasteiger partial charge is 0.251 e. The molecule has 6 rings (SSSR count). The van der Waals surface area contributed by atoms with Crippen molar-refractivity contribution in [2.75, 3.05) is 48.6 Å². The molecule has 0 spiro atoms. The van der Waals surface area contributed by atoms with Crippen LogP contribution >= 0.6 is 0 Å². The van der Waals surface area contributed by atoms with Crippen LogP contribution in [0.5, 0.6) is 23.0 Å². The van der Waals surface area contributed by atoms with Crippen molar-refractivity contribution in [3.8, 4) is 23.0 Å². The van der Waals surface area contributed by atoms with E-state index in [4.69, 9.17) is 33.2 Å². The lowest BCUT2D eigenvalue weighted by Crippen LogP contribution is -2.52. The van der Waals surface area contributed by atoms with Gasteiger partial charge in [0.1, 0.15) is 41.3 Å². The van der Waals surface area contributed by atoms with Gasteiger partial charge in [0.15, 0.2) is 11.2 Å². The topological polar surface area (TPSA) is 166 Å². The quantitative estimate of drug-likeness (QED) is 0.247. The highest BCUT2D eigenvalue weighted by Gasteiger charge is 2.78. The summed E-state index contributed by atoms with van der Waals surface area (Å²) in [5.74, 6) is -1.44. The van der Waals surface area contributed by atoms with Crippen LogP contribution in [0.1, 0.15) is 22.6 Å². The number of methoxy groups -OCH3 is 3. The molecule has 1 amide bonds. The van der Waals surface area contributed by atoms with E-state index in [0.717, 1.165) is 0 Å². The van der Waals surface area contributed by atoms with E-state index in [1.807, 2.05) is 30.3 Å². The highest BCUT2D eigenvalue weighted by atomic mass is 16.8. The number of aliphatic hydroxyl groups excluding tert-OH is 3. The molecule has 1 aliphatic carbocycles. The molecule has 3 aliphatic rings. The van der Waals surface area contributed by atoms with Gasteiger partial charge in [0.25, 0.3) is 6.29 Å². The number of hydrogen-bond donors (Lipinski definition) is 4. The lowest BCUT2D eigenvalue weighted by Gasteiger charge is -2.41. The second kappa shape index (κ2) is 13.2. The van der Waals surface area contributed by atoms with E-state index in [1.54, 1.807) is 38.4 Å². The summed E-state index contributed by atoms with van der Waals surface area (Å²) in [5.41, 5.74) is -2.68.